The molecule has 3 rings (SSSR count). The van der Waals surface area contributed by atoms with E-state index in [-0.39, 0.29) is 5.54 Å². The van der Waals surface area contributed by atoms with Crippen LogP contribution in [-0.4, -0.2) is 6.54 Å². The van der Waals surface area contributed by atoms with Crippen molar-refractivity contribution in [3.63, 3.8) is 0 Å². The highest BCUT2D eigenvalue weighted by molar-refractivity contribution is 5.46. The molecule has 3 aromatic rings. The fourth-order valence-corrected chi connectivity index (χ4v) is 3.48. The Hall–Kier alpha value is -2.38. The zero-order valence-corrected chi connectivity index (χ0v) is 14.4. The Morgan fingerprint density at radius 2 is 1.00 bits per heavy atom. The fraction of sp³-hybridized carbons (Fsp3) is 0.217. The van der Waals surface area contributed by atoms with Gasteiger partial charge in [0, 0.05) is 16.7 Å². The number of benzene rings is 3. The number of hydrogen-bond donors (Lipinski definition) is 1. The summed E-state index contributed by atoms with van der Waals surface area (Å²) in [5, 5.41) is 2.51. The lowest BCUT2D eigenvalue weighted by Gasteiger charge is -2.33. The van der Waals surface area contributed by atoms with Gasteiger partial charge in [0.25, 0.3) is 0 Å². The second kappa shape index (κ2) is 7.94. The second-order valence-corrected chi connectivity index (χ2v) is 6.25. The molecule has 0 atom stereocenters. The van der Waals surface area contributed by atoms with Gasteiger partial charge in [-0.1, -0.05) is 104 Å². The largest absolute Gasteiger partial charge is 0.330 e. The molecule has 0 aliphatic carbocycles. The van der Waals surface area contributed by atoms with E-state index in [4.69, 9.17) is 0 Å². The molecule has 122 valence electrons. The maximum absolute atomic E-state index is 2.51. The summed E-state index contributed by atoms with van der Waals surface area (Å²) in [6, 6.07) is 32.7. The standard InChI is InChI=1S/C23H25N/c1-2-3-19-24-23(20-13-7-4-8-14-20,21-15-9-5-10-16-21)22-17-11-6-12-18-22/h4-18,24H,2-3,19H2,1H3/p+1. The average molecular weight is 316 g/mol. The highest BCUT2D eigenvalue weighted by Gasteiger charge is 2.39. The Bertz CT molecular complexity index is 623. The van der Waals surface area contributed by atoms with E-state index in [1.54, 1.807) is 0 Å². The smallest absolute Gasteiger partial charge is 0.173 e. The molecule has 0 unspecified atom stereocenters. The monoisotopic (exact) mass is 316 g/mol. The molecule has 1 nitrogen and oxygen atoms in total. The summed E-state index contributed by atoms with van der Waals surface area (Å²) in [7, 11) is 0. The molecule has 0 saturated heterocycles. The third kappa shape index (κ3) is 3.27. The topological polar surface area (TPSA) is 16.6 Å². The molecule has 0 fully saturated rings. The van der Waals surface area contributed by atoms with Crippen molar-refractivity contribution >= 4 is 0 Å². The maximum atomic E-state index is 2.51. The van der Waals surface area contributed by atoms with Gasteiger partial charge in [0.15, 0.2) is 5.54 Å². The van der Waals surface area contributed by atoms with Crippen LogP contribution in [0.3, 0.4) is 0 Å². The molecule has 24 heavy (non-hydrogen) atoms. The minimum Gasteiger partial charge on any atom is -0.330 e. The van der Waals surface area contributed by atoms with Gasteiger partial charge in [-0.25, -0.2) is 0 Å². The van der Waals surface area contributed by atoms with Crippen LogP contribution in [0.25, 0.3) is 0 Å². The van der Waals surface area contributed by atoms with Crippen LogP contribution in [0.5, 0.6) is 0 Å². The molecular weight excluding hydrogens is 290 g/mol. The van der Waals surface area contributed by atoms with E-state index in [0.29, 0.717) is 0 Å². The lowest BCUT2D eigenvalue weighted by atomic mass is 9.77. The summed E-state index contributed by atoms with van der Waals surface area (Å²) in [5.74, 6) is 0. The van der Waals surface area contributed by atoms with Crippen molar-refractivity contribution in [3.8, 4) is 0 Å². The van der Waals surface area contributed by atoms with Gasteiger partial charge in [0.1, 0.15) is 0 Å². The number of rotatable bonds is 7. The molecular formula is C23H26N+. The van der Waals surface area contributed by atoms with Crippen LogP contribution < -0.4 is 5.32 Å². The first-order valence-corrected chi connectivity index (χ1v) is 8.89. The first kappa shape index (κ1) is 16.5. The molecule has 0 aliphatic heterocycles. The molecule has 0 radical (unpaired) electrons. The van der Waals surface area contributed by atoms with Crippen LogP contribution in [0, 0.1) is 0 Å². The third-order valence-electron chi connectivity index (χ3n) is 4.70. The SMILES string of the molecule is CCCC[NH2+]C(c1ccccc1)(c1ccccc1)c1ccccc1. The van der Waals surface area contributed by atoms with Crippen molar-refractivity contribution in [3.05, 3.63) is 108 Å². The van der Waals surface area contributed by atoms with Crippen LogP contribution in [0.15, 0.2) is 91.0 Å². The highest BCUT2D eigenvalue weighted by atomic mass is 15.0. The van der Waals surface area contributed by atoms with Crippen molar-refractivity contribution in [2.75, 3.05) is 6.54 Å². The Morgan fingerprint density at radius 3 is 1.33 bits per heavy atom. The quantitative estimate of drug-likeness (QED) is 0.493. The summed E-state index contributed by atoms with van der Waals surface area (Å²) in [6.45, 7) is 3.36. The van der Waals surface area contributed by atoms with Crippen molar-refractivity contribution < 1.29 is 5.32 Å². The van der Waals surface area contributed by atoms with Gasteiger partial charge < -0.3 is 5.32 Å². The maximum Gasteiger partial charge on any atom is 0.173 e. The molecule has 0 bridgehead atoms. The highest BCUT2D eigenvalue weighted by Crippen LogP contribution is 2.32. The Kier molecular flexibility index (Phi) is 5.45. The summed E-state index contributed by atoms with van der Waals surface area (Å²) < 4.78 is 0. The van der Waals surface area contributed by atoms with Crippen molar-refractivity contribution in [1.82, 2.24) is 0 Å². The third-order valence-corrected chi connectivity index (χ3v) is 4.70. The van der Waals surface area contributed by atoms with Gasteiger partial charge in [-0.05, 0) is 6.42 Å². The lowest BCUT2D eigenvalue weighted by Crippen LogP contribution is -2.95. The van der Waals surface area contributed by atoms with E-state index in [2.05, 4.69) is 103 Å². The zero-order valence-electron chi connectivity index (χ0n) is 14.4. The van der Waals surface area contributed by atoms with Gasteiger partial charge in [0.2, 0.25) is 0 Å². The minimum absolute atomic E-state index is 0.195. The Balaban J connectivity index is 2.20. The van der Waals surface area contributed by atoms with Crippen LogP contribution in [0.1, 0.15) is 36.5 Å². The predicted molar refractivity (Wildman–Crippen MR) is 101 cm³/mol. The Labute approximate surface area is 145 Å². The van der Waals surface area contributed by atoms with Crippen molar-refractivity contribution in [2.45, 2.75) is 25.3 Å². The molecule has 0 heterocycles. The van der Waals surface area contributed by atoms with Gasteiger partial charge in [0.05, 0.1) is 6.54 Å². The van der Waals surface area contributed by atoms with Crippen molar-refractivity contribution in [1.29, 1.82) is 0 Å². The minimum atomic E-state index is -0.195. The van der Waals surface area contributed by atoms with E-state index in [1.165, 1.54) is 29.5 Å². The van der Waals surface area contributed by atoms with Crippen LogP contribution in [0.4, 0.5) is 0 Å². The molecule has 2 N–H and O–H groups in total. The van der Waals surface area contributed by atoms with Gasteiger partial charge >= 0.3 is 0 Å². The van der Waals surface area contributed by atoms with E-state index < -0.39 is 0 Å². The summed E-state index contributed by atoms with van der Waals surface area (Å²) in [6.07, 6.45) is 2.43. The van der Waals surface area contributed by atoms with Crippen molar-refractivity contribution in [2.24, 2.45) is 0 Å². The number of quaternary nitrogens is 1. The summed E-state index contributed by atoms with van der Waals surface area (Å²) in [4.78, 5) is 0. The van der Waals surface area contributed by atoms with Gasteiger partial charge in [-0.2, -0.15) is 0 Å². The van der Waals surface area contributed by atoms with E-state index in [1.807, 2.05) is 0 Å². The first-order chi connectivity index (χ1) is 11.9. The molecule has 0 aliphatic rings. The second-order valence-electron chi connectivity index (χ2n) is 6.25. The molecule has 0 aromatic heterocycles. The number of unbranched alkanes of at least 4 members (excludes halogenated alkanes) is 1. The zero-order chi connectivity index (χ0) is 16.7. The number of hydrogen-bond acceptors (Lipinski definition) is 0. The number of nitrogens with two attached hydrogens (primary N) is 1. The van der Waals surface area contributed by atoms with Crippen LogP contribution in [-0.2, 0) is 5.54 Å². The van der Waals surface area contributed by atoms with E-state index >= 15 is 0 Å². The summed E-state index contributed by atoms with van der Waals surface area (Å²) >= 11 is 0. The first-order valence-electron chi connectivity index (χ1n) is 8.89. The normalized spacial score (nSPS) is 11.4. The average Bonchev–Trinajstić information content (AvgIpc) is 2.68. The van der Waals surface area contributed by atoms with Crippen LogP contribution in [0.2, 0.25) is 0 Å². The van der Waals surface area contributed by atoms with Crippen LogP contribution >= 0.6 is 0 Å². The summed E-state index contributed by atoms with van der Waals surface area (Å²) in [5.41, 5.74) is 3.80. The molecule has 0 amide bonds. The lowest BCUT2D eigenvalue weighted by molar-refractivity contribution is -0.716. The van der Waals surface area contributed by atoms with E-state index in [9.17, 15) is 0 Å². The molecule has 1 heteroatoms. The van der Waals surface area contributed by atoms with Gasteiger partial charge in [-0.3, -0.25) is 0 Å². The predicted octanol–water partition coefficient (Wildman–Crippen LogP) is 4.34. The molecule has 0 spiro atoms. The molecule has 0 saturated carbocycles. The molecule has 3 aromatic carbocycles. The van der Waals surface area contributed by atoms with E-state index in [0.717, 1.165) is 6.54 Å². The fourth-order valence-electron chi connectivity index (χ4n) is 3.48. The van der Waals surface area contributed by atoms with Gasteiger partial charge in [-0.15, -0.1) is 0 Å². The Morgan fingerprint density at radius 1 is 0.625 bits per heavy atom.